The van der Waals surface area contributed by atoms with Gasteiger partial charge in [-0.25, -0.2) is 4.39 Å². The standard InChI is InChI=1S/C18H20ClFN2O3/c19-14-5-12(3-4-15(14)20)6-21-8-13-16(23)22(7-11-1-2-11)10-18(13,9-21)17(24)25/h3-5,11,13H,1-2,6-10H2,(H,24,25)/t13-,18-/m0/s1. The monoisotopic (exact) mass is 366 g/mol. The highest BCUT2D eigenvalue weighted by molar-refractivity contribution is 6.30. The fourth-order valence-electron chi connectivity index (χ4n) is 4.19. The fourth-order valence-corrected chi connectivity index (χ4v) is 4.39. The van der Waals surface area contributed by atoms with Crippen molar-refractivity contribution in [3.05, 3.63) is 34.6 Å². The van der Waals surface area contributed by atoms with Crippen LogP contribution in [0.3, 0.4) is 0 Å². The van der Waals surface area contributed by atoms with E-state index in [1.165, 1.54) is 6.07 Å². The summed E-state index contributed by atoms with van der Waals surface area (Å²) >= 11 is 5.82. The lowest BCUT2D eigenvalue weighted by atomic mass is 9.81. The minimum absolute atomic E-state index is 0.0334. The number of aliphatic carboxylic acids is 1. The molecule has 0 aromatic heterocycles. The van der Waals surface area contributed by atoms with Gasteiger partial charge in [-0.05, 0) is 36.5 Å². The van der Waals surface area contributed by atoms with Crippen LogP contribution in [0.15, 0.2) is 18.2 Å². The molecular weight excluding hydrogens is 347 g/mol. The summed E-state index contributed by atoms with van der Waals surface area (Å²) in [6.45, 7) is 2.19. The second-order valence-electron chi connectivity index (χ2n) is 7.59. The van der Waals surface area contributed by atoms with Gasteiger partial charge in [-0.15, -0.1) is 0 Å². The molecule has 0 radical (unpaired) electrons. The van der Waals surface area contributed by atoms with Gasteiger partial charge in [0.15, 0.2) is 0 Å². The Balaban J connectivity index is 1.51. The van der Waals surface area contributed by atoms with Gasteiger partial charge in [-0.1, -0.05) is 17.7 Å². The largest absolute Gasteiger partial charge is 0.481 e. The van der Waals surface area contributed by atoms with E-state index in [4.69, 9.17) is 11.6 Å². The van der Waals surface area contributed by atoms with Gasteiger partial charge in [0.05, 0.1) is 10.9 Å². The molecule has 25 heavy (non-hydrogen) atoms. The Kier molecular flexibility index (Phi) is 4.00. The van der Waals surface area contributed by atoms with Gasteiger partial charge in [0.1, 0.15) is 11.2 Å². The summed E-state index contributed by atoms with van der Waals surface area (Å²) in [5.74, 6) is -1.36. The molecule has 0 spiro atoms. The predicted molar refractivity (Wildman–Crippen MR) is 89.5 cm³/mol. The van der Waals surface area contributed by atoms with Gasteiger partial charge in [-0.2, -0.15) is 0 Å². The van der Waals surface area contributed by atoms with Gasteiger partial charge in [0.2, 0.25) is 5.91 Å². The molecule has 0 bridgehead atoms. The van der Waals surface area contributed by atoms with Crippen molar-refractivity contribution in [3.63, 3.8) is 0 Å². The zero-order valence-corrected chi connectivity index (χ0v) is 14.5. The quantitative estimate of drug-likeness (QED) is 0.868. The molecule has 1 saturated carbocycles. The van der Waals surface area contributed by atoms with E-state index in [1.54, 1.807) is 17.0 Å². The van der Waals surface area contributed by atoms with E-state index in [2.05, 4.69) is 0 Å². The molecule has 2 aliphatic heterocycles. The van der Waals surface area contributed by atoms with E-state index in [9.17, 15) is 19.1 Å². The summed E-state index contributed by atoms with van der Waals surface area (Å²) in [6.07, 6.45) is 2.26. The Bertz CT molecular complexity index is 739. The zero-order chi connectivity index (χ0) is 17.8. The van der Waals surface area contributed by atoms with Crippen LogP contribution >= 0.6 is 11.6 Å². The van der Waals surface area contributed by atoms with Crippen LogP contribution in [0.4, 0.5) is 4.39 Å². The van der Waals surface area contributed by atoms with Crippen molar-refractivity contribution in [1.29, 1.82) is 0 Å². The van der Waals surface area contributed by atoms with Crippen LogP contribution in [0.1, 0.15) is 18.4 Å². The summed E-state index contributed by atoms with van der Waals surface area (Å²) in [5, 5.41) is 9.90. The van der Waals surface area contributed by atoms with E-state index in [0.29, 0.717) is 38.6 Å². The fraction of sp³-hybridized carbons (Fsp3) is 0.556. The van der Waals surface area contributed by atoms with Crippen molar-refractivity contribution in [1.82, 2.24) is 9.80 Å². The number of carboxylic acids is 1. The number of nitrogens with zero attached hydrogens (tertiary/aromatic N) is 2. The third-order valence-electron chi connectivity index (χ3n) is 5.69. The lowest BCUT2D eigenvalue weighted by Crippen LogP contribution is -2.41. The summed E-state index contributed by atoms with van der Waals surface area (Å²) in [7, 11) is 0. The molecule has 0 unspecified atom stereocenters. The van der Waals surface area contributed by atoms with E-state index < -0.39 is 23.1 Å². The number of carboxylic acid groups (broad SMARTS) is 1. The molecule has 1 amide bonds. The van der Waals surface area contributed by atoms with E-state index in [1.807, 2.05) is 4.90 Å². The van der Waals surface area contributed by atoms with Crippen molar-refractivity contribution in [2.75, 3.05) is 26.2 Å². The van der Waals surface area contributed by atoms with Crippen molar-refractivity contribution in [2.45, 2.75) is 19.4 Å². The molecule has 2 saturated heterocycles. The van der Waals surface area contributed by atoms with Crippen LogP contribution < -0.4 is 0 Å². The topological polar surface area (TPSA) is 60.9 Å². The highest BCUT2D eigenvalue weighted by Gasteiger charge is 2.62. The van der Waals surface area contributed by atoms with Crippen molar-refractivity contribution < 1.29 is 19.1 Å². The van der Waals surface area contributed by atoms with E-state index in [-0.39, 0.29) is 10.9 Å². The first-order valence-electron chi connectivity index (χ1n) is 8.57. The lowest BCUT2D eigenvalue weighted by molar-refractivity contribution is -0.149. The Morgan fingerprint density at radius 2 is 2.12 bits per heavy atom. The van der Waals surface area contributed by atoms with E-state index in [0.717, 1.165) is 18.4 Å². The zero-order valence-electron chi connectivity index (χ0n) is 13.8. The first-order valence-corrected chi connectivity index (χ1v) is 8.95. The number of hydrogen-bond acceptors (Lipinski definition) is 3. The van der Waals surface area contributed by atoms with Crippen LogP contribution in [0.25, 0.3) is 0 Å². The molecule has 1 N–H and O–H groups in total. The normalized spacial score (nSPS) is 29.3. The Labute approximate surface area is 150 Å². The number of carbonyl (C=O) groups is 2. The molecule has 134 valence electrons. The van der Waals surface area contributed by atoms with Crippen LogP contribution in [0.5, 0.6) is 0 Å². The maximum atomic E-state index is 13.3. The summed E-state index contributed by atoms with van der Waals surface area (Å²) in [5.41, 5.74) is -0.218. The molecule has 2 heterocycles. The molecule has 3 aliphatic rings. The van der Waals surface area contributed by atoms with E-state index >= 15 is 0 Å². The van der Waals surface area contributed by atoms with Crippen LogP contribution in [0.2, 0.25) is 5.02 Å². The van der Waals surface area contributed by atoms with Crippen molar-refractivity contribution in [3.8, 4) is 0 Å². The summed E-state index contributed by atoms with van der Waals surface area (Å²) in [4.78, 5) is 28.5. The number of halogens is 2. The van der Waals surface area contributed by atoms with Crippen molar-refractivity contribution in [2.24, 2.45) is 17.3 Å². The smallest absolute Gasteiger partial charge is 0.313 e. The Morgan fingerprint density at radius 3 is 2.72 bits per heavy atom. The van der Waals surface area contributed by atoms with Gasteiger partial charge >= 0.3 is 5.97 Å². The van der Waals surface area contributed by atoms with Gasteiger partial charge in [0.25, 0.3) is 0 Å². The molecule has 2 atom stereocenters. The lowest BCUT2D eigenvalue weighted by Gasteiger charge is -2.25. The SMILES string of the molecule is O=C1[C@@H]2CN(Cc3ccc(F)c(Cl)c3)C[C@]2(C(=O)O)CN1CC1CC1. The van der Waals surface area contributed by atoms with Crippen molar-refractivity contribution >= 4 is 23.5 Å². The van der Waals surface area contributed by atoms with Crippen LogP contribution in [-0.2, 0) is 16.1 Å². The highest BCUT2D eigenvalue weighted by Crippen LogP contribution is 2.45. The number of fused-ring (bicyclic) bond motifs is 1. The third kappa shape index (κ3) is 2.91. The number of benzene rings is 1. The molecule has 1 aromatic rings. The predicted octanol–water partition coefficient (Wildman–Crippen LogP) is 2.23. The number of likely N-dealkylation sites (tertiary alicyclic amines) is 2. The Hall–Kier alpha value is -1.66. The van der Waals surface area contributed by atoms with Gasteiger partial charge in [0, 0.05) is 32.7 Å². The molecule has 3 fully saturated rings. The Morgan fingerprint density at radius 1 is 1.36 bits per heavy atom. The molecular formula is C18H20ClFN2O3. The first kappa shape index (κ1) is 16.8. The number of amides is 1. The second kappa shape index (κ2) is 5.95. The summed E-state index contributed by atoms with van der Waals surface area (Å²) < 4.78 is 13.3. The van der Waals surface area contributed by atoms with Gasteiger partial charge in [-0.3, -0.25) is 14.5 Å². The average molecular weight is 367 g/mol. The van der Waals surface area contributed by atoms with Gasteiger partial charge < -0.3 is 10.0 Å². The number of rotatable bonds is 5. The number of hydrogen-bond donors (Lipinski definition) is 1. The third-order valence-corrected chi connectivity index (χ3v) is 5.98. The maximum absolute atomic E-state index is 13.3. The first-order chi connectivity index (χ1) is 11.9. The van der Waals surface area contributed by atoms with Crippen LogP contribution in [0, 0.1) is 23.1 Å². The highest BCUT2D eigenvalue weighted by atomic mass is 35.5. The average Bonchev–Trinajstić information content (AvgIpc) is 3.24. The molecule has 1 aliphatic carbocycles. The van der Waals surface area contributed by atoms with Crippen LogP contribution in [-0.4, -0.2) is 53.0 Å². The molecule has 5 nitrogen and oxygen atoms in total. The maximum Gasteiger partial charge on any atom is 0.313 e. The molecule has 1 aromatic carbocycles. The molecule has 4 rings (SSSR count). The minimum atomic E-state index is -1.03. The second-order valence-corrected chi connectivity index (χ2v) is 8.00. The number of carbonyl (C=O) groups excluding carboxylic acids is 1. The molecule has 7 heteroatoms. The minimum Gasteiger partial charge on any atom is -0.481 e. The summed E-state index contributed by atoms with van der Waals surface area (Å²) in [6, 6.07) is 4.51.